The summed E-state index contributed by atoms with van der Waals surface area (Å²) in [7, 11) is -3.60. The first-order valence-corrected chi connectivity index (χ1v) is 12.0. The van der Waals surface area contributed by atoms with Crippen LogP contribution in [0.1, 0.15) is 16.1 Å². The maximum Gasteiger partial charge on any atom is 0.279 e. The van der Waals surface area contributed by atoms with Crippen molar-refractivity contribution in [3.63, 3.8) is 0 Å². The second-order valence-corrected chi connectivity index (χ2v) is 9.25. The minimum Gasteiger partial charge on any atom is -0.350 e. The lowest BCUT2D eigenvalue weighted by Gasteiger charge is -2.12. The van der Waals surface area contributed by atoms with E-state index in [9.17, 15) is 18.0 Å². The molecule has 0 saturated heterocycles. The Kier molecular flexibility index (Phi) is 6.62. The molecule has 8 nitrogen and oxygen atoms in total. The summed E-state index contributed by atoms with van der Waals surface area (Å²) >= 11 is 0. The number of nitrogens with one attached hydrogen (secondary N) is 2. The van der Waals surface area contributed by atoms with E-state index in [-0.39, 0.29) is 30.1 Å². The molecule has 0 bridgehead atoms. The van der Waals surface area contributed by atoms with Crippen LogP contribution < -0.4 is 15.6 Å². The van der Waals surface area contributed by atoms with Crippen molar-refractivity contribution in [1.29, 1.82) is 0 Å². The van der Waals surface area contributed by atoms with E-state index in [2.05, 4.69) is 15.1 Å². The van der Waals surface area contributed by atoms with Gasteiger partial charge in [0.05, 0.1) is 16.8 Å². The van der Waals surface area contributed by atoms with E-state index >= 15 is 0 Å². The molecule has 4 rings (SSSR count). The summed E-state index contributed by atoms with van der Waals surface area (Å²) in [6.45, 7) is 0.0643. The molecule has 0 saturated carbocycles. The van der Waals surface area contributed by atoms with Gasteiger partial charge >= 0.3 is 0 Å². The third kappa shape index (κ3) is 5.33. The molecule has 33 heavy (non-hydrogen) atoms. The van der Waals surface area contributed by atoms with E-state index in [1.807, 2.05) is 36.4 Å². The number of sulfonamides is 1. The van der Waals surface area contributed by atoms with E-state index in [0.717, 1.165) is 5.56 Å². The van der Waals surface area contributed by atoms with Crippen LogP contribution in [-0.4, -0.2) is 36.4 Å². The minimum atomic E-state index is -3.60. The molecule has 1 amide bonds. The lowest BCUT2D eigenvalue weighted by Crippen LogP contribution is -2.35. The van der Waals surface area contributed by atoms with Crippen LogP contribution in [0.5, 0.6) is 0 Å². The van der Waals surface area contributed by atoms with Crippen LogP contribution in [0.2, 0.25) is 0 Å². The van der Waals surface area contributed by atoms with Gasteiger partial charge in [0.25, 0.3) is 11.5 Å². The molecular weight excluding hydrogens is 440 g/mol. The molecular formula is C24H22N4O4S. The zero-order valence-corrected chi connectivity index (χ0v) is 18.5. The molecule has 168 valence electrons. The van der Waals surface area contributed by atoms with Gasteiger partial charge in [-0.1, -0.05) is 66.7 Å². The number of hydrogen-bond donors (Lipinski definition) is 2. The molecule has 0 aliphatic heterocycles. The summed E-state index contributed by atoms with van der Waals surface area (Å²) in [6, 6.07) is 24.7. The molecule has 1 heterocycles. The van der Waals surface area contributed by atoms with E-state index in [1.165, 1.54) is 4.68 Å². The van der Waals surface area contributed by atoms with Gasteiger partial charge in [0, 0.05) is 18.5 Å². The second-order valence-electron chi connectivity index (χ2n) is 7.33. The van der Waals surface area contributed by atoms with Crippen molar-refractivity contribution < 1.29 is 13.2 Å². The Balaban J connectivity index is 1.51. The van der Waals surface area contributed by atoms with E-state index < -0.39 is 15.9 Å². The highest BCUT2D eigenvalue weighted by Crippen LogP contribution is 2.15. The fourth-order valence-electron chi connectivity index (χ4n) is 3.35. The largest absolute Gasteiger partial charge is 0.350 e. The summed E-state index contributed by atoms with van der Waals surface area (Å²) in [5.74, 6) is -0.851. The zero-order chi connectivity index (χ0) is 23.3. The molecule has 1 aromatic heterocycles. The number of para-hydroxylation sites is 1. The summed E-state index contributed by atoms with van der Waals surface area (Å²) in [5, 5.41) is 7.64. The Morgan fingerprint density at radius 3 is 2.15 bits per heavy atom. The first-order valence-electron chi connectivity index (χ1n) is 10.3. The smallest absolute Gasteiger partial charge is 0.279 e. The molecule has 0 atom stereocenters. The summed E-state index contributed by atoms with van der Waals surface area (Å²) in [5.41, 5.74) is 1.06. The first kappa shape index (κ1) is 22.4. The van der Waals surface area contributed by atoms with Crippen LogP contribution in [0.15, 0.2) is 89.7 Å². The first-order chi connectivity index (χ1) is 15.9. The minimum absolute atomic E-state index is 0.0451. The van der Waals surface area contributed by atoms with Crippen LogP contribution in [0.25, 0.3) is 16.5 Å². The highest BCUT2D eigenvalue weighted by atomic mass is 32.2. The topological polar surface area (TPSA) is 110 Å². The SMILES string of the molecule is O=C(NCCS(=O)(=O)NCc1ccccc1)c1nn(-c2ccccc2)c(=O)c2ccccc12. The van der Waals surface area contributed by atoms with Crippen LogP contribution in [0.4, 0.5) is 0 Å². The molecule has 4 aromatic rings. The van der Waals surface area contributed by atoms with Gasteiger partial charge in [-0.25, -0.2) is 13.1 Å². The van der Waals surface area contributed by atoms with E-state index in [0.29, 0.717) is 16.5 Å². The standard InChI is InChI=1S/C24H22N4O4S/c29-23(25-15-16-33(31,32)26-17-18-9-3-1-4-10-18)22-20-13-7-8-14-21(20)24(30)28(27-22)19-11-5-2-6-12-19/h1-14,26H,15-17H2,(H,25,29). The van der Waals surface area contributed by atoms with Crippen LogP contribution in [-0.2, 0) is 16.6 Å². The van der Waals surface area contributed by atoms with Crippen LogP contribution in [0.3, 0.4) is 0 Å². The Bertz CT molecular complexity index is 1440. The van der Waals surface area contributed by atoms with Crippen molar-refractivity contribution >= 4 is 26.7 Å². The Morgan fingerprint density at radius 1 is 0.848 bits per heavy atom. The maximum atomic E-state index is 12.9. The molecule has 0 unspecified atom stereocenters. The predicted molar refractivity (Wildman–Crippen MR) is 127 cm³/mol. The van der Waals surface area contributed by atoms with Crippen molar-refractivity contribution in [1.82, 2.24) is 19.8 Å². The highest BCUT2D eigenvalue weighted by molar-refractivity contribution is 7.89. The Labute approximate surface area is 190 Å². The summed E-state index contributed by atoms with van der Waals surface area (Å²) in [6.07, 6.45) is 0. The molecule has 0 aliphatic rings. The number of aromatic nitrogens is 2. The van der Waals surface area contributed by atoms with Gasteiger partial charge in [-0.2, -0.15) is 9.78 Å². The molecule has 0 fully saturated rings. The van der Waals surface area contributed by atoms with E-state index in [1.54, 1.807) is 48.5 Å². The molecule has 0 aliphatic carbocycles. The number of amides is 1. The molecule has 9 heteroatoms. The number of carbonyl (C=O) groups is 1. The fraction of sp³-hybridized carbons (Fsp3) is 0.125. The predicted octanol–water partition coefficient (Wildman–Crippen LogP) is 2.24. The lowest BCUT2D eigenvalue weighted by molar-refractivity contribution is 0.0951. The number of hydrogen-bond acceptors (Lipinski definition) is 5. The van der Waals surface area contributed by atoms with E-state index in [4.69, 9.17) is 0 Å². The number of rotatable bonds is 8. The zero-order valence-electron chi connectivity index (χ0n) is 17.6. The van der Waals surface area contributed by atoms with Crippen LogP contribution >= 0.6 is 0 Å². The van der Waals surface area contributed by atoms with Crippen molar-refractivity contribution in [2.75, 3.05) is 12.3 Å². The Hall–Kier alpha value is -3.82. The summed E-state index contributed by atoms with van der Waals surface area (Å²) in [4.78, 5) is 25.8. The normalized spacial score (nSPS) is 11.4. The molecule has 2 N–H and O–H groups in total. The van der Waals surface area contributed by atoms with Gasteiger partial charge in [0.1, 0.15) is 0 Å². The molecule has 3 aromatic carbocycles. The molecule has 0 radical (unpaired) electrons. The average Bonchev–Trinajstić information content (AvgIpc) is 2.84. The number of carbonyl (C=O) groups excluding carboxylic acids is 1. The van der Waals surface area contributed by atoms with Gasteiger partial charge in [0.2, 0.25) is 10.0 Å². The van der Waals surface area contributed by atoms with Crippen molar-refractivity contribution in [3.05, 3.63) is 107 Å². The van der Waals surface area contributed by atoms with Crippen LogP contribution in [0, 0.1) is 0 Å². The Morgan fingerprint density at radius 2 is 1.45 bits per heavy atom. The summed E-state index contributed by atoms with van der Waals surface area (Å²) < 4.78 is 28.3. The van der Waals surface area contributed by atoms with Crippen molar-refractivity contribution in [3.8, 4) is 5.69 Å². The third-order valence-corrected chi connectivity index (χ3v) is 6.34. The van der Waals surface area contributed by atoms with Gasteiger partial charge in [-0.15, -0.1) is 0 Å². The number of benzene rings is 3. The van der Waals surface area contributed by atoms with Crippen molar-refractivity contribution in [2.45, 2.75) is 6.54 Å². The van der Waals surface area contributed by atoms with Crippen molar-refractivity contribution in [2.24, 2.45) is 0 Å². The monoisotopic (exact) mass is 462 g/mol. The number of nitrogens with zero attached hydrogens (tertiary/aromatic N) is 2. The third-order valence-electron chi connectivity index (χ3n) is 5.02. The fourth-order valence-corrected chi connectivity index (χ4v) is 4.25. The van der Waals surface area contributed by atoms with Gasteiger partial charge in [0.15, 0.2) is 5.69 Å². The highest BCUT2D eigenvalue weighted by Gasteiger charge is 2.18. The van der Waals surface area contributed by atoms with Gasteiger partial charge in [-0.3, -0.25) is 9.59 Å². The number of fused-ring (bicyclic) bond motifs is 1. The second kappa shape index (κ2) is 9.76. The van der Waals surface area contributed by atoms with Gasteiger partial charge in [-0.05, 0) is 23.8 Å². The lowest BCUT2D eigenvalue weighted by atomic mass is 10.1. The average molecular weight is 463 g/mol. The van der Waals surface area contributed by atoms with Gasteiger partial charge < -0.3 is 5.32 Å². The quantitative estimate of drug-likeness (QED) is 0.417. The maximum absolute atomic E-state index is 12.9. The molecule has 0 spiro atoms.